The molecule has 7 heteroatoms. The Bertz CT molecular complexity index is 707. The molecule has 0 bridgehead atoms. The number of aromatic nitrogens is 2. The zero-order chi connectivity index (χ0) is 17.2. The van der Waals surface area contributed by atoms with Gasteiger partial charge in [0, 0.05) is 19.2 Å². The van der Waals surface area contributed by atoms with Gasteiger partial charge in [-0.1, -0.05) is 0 Å². The summed E-state index contributed by atoms with van der Waals surface area (Å²) in [5.74, 6) is 1.73. The van der Waals surface area contributed by atoms with Crippen molar-refractivity contribution < 1.29 is 8.42 Å². The van der Waals surface area contributed by atoms with Crippen LogP contribution in [0.25, 0.3) is 0 Å². The average Bonchev–Trinajstić information content (AvgIpc) is 2.55. The molecule has 0 atom stereocenters. The third-order valence-corrected chi connectivity index (χ3v) is 7.04. The van der Waals surface area contributed by atoms with E-state index in [9.17, 15) is 13.2 Å². The molecule has 1 aromatic rings. The van der Waals surface area contributed by atoms with Crippen LogP contribution in [0.5, 0.6) is 0 Å². The first kappa shape index (κ1) is 17.6. The molecule has 2 aliphatic heterocycles. The van der Waals surface area contributed by atoms with Gasteiger partial charge in [0.25, 0.3) is 5.56 Å². The van der Waals surface area contributed by atoms with Crippen molar-refractivity contribution in [3.8, 4) is 0 Å². The zero-order valence-corrected chi connectivity index (χ0v) is 15.2. The van der Waals surface area contributed by atoms with Gasteiger partial charge in [0.1, 0.15) is 9.84 Å². The Labute approximate surface area is 143 Å². The van der Waals surface area contributed by atoms with E-state index in [-0.39, 0.29) is 5.56 Å². The van der Waals surface area contributed by atoms with Crippen molar-refractivity contribution in [3.05, 3.63) is 28.2 Å². The molecule has 0 amide bonds. The van der Waals surface area contributed by atoms with E-state index in [0.717, 1.165) is 51.0 Å². The quantitative estimate of drug-likeness (QED) is 0.810. The first-order chi connectivity index (χ1) is 11.4. The Hall–Kier alpha value is -1.21. The van der Waals surface area contributed by atoms with Crippen LogP contribution in [0.15, 0.2) is 16.9 Å². The second kappa shape index (κ2) is 7.35. The van der Waals surface area contributed by atoms with E-state index in [1.165, 1.54) is 0 Å². The van der Waals surface area contributed by atoms with E-state index in [2.05, 4.69) is 10.00 Å². The first-order valence-electron chi connectivity index (χ1n) is 8.89. The Morgan fingerprint density at radius 3 is 2.33 bits per heavy atom. The zero-order valence-electron chi connectivity index (χ0n) is 14.4. The summed E-state index contributed by atoms with van der Waals surface area (Å²) >= 11 is 0. The van der Waals surface area contributed by atoms with Gasteiger partial charge >= 0.3 is 0 Å². The number of likely N-dealkylation sites (tertiary alicyclic amines) is 1. The molecule has 0 aliphatic carbocycles. The molecule has 24 heavy (non-hydrogen) atoms. The predicted molar refractivity (Wildman–Crippen MR) is 93.8 cm³/mol. The van der Waals surface area contributed by atoms with Gasteiger partial charge in [0.05, 0.1) is 17.2 Å². The molecular formula is C17H27N3O3S. The third kappa shape index (κ3) is 4.66. The number of hydrogen-bond acceptors (Lipinski definition) is 5. The van der Waals surface area contributed by atoms with Gasteiger partial charge in [0.2, 0.25) is 0 Å². The van der Waals surface area contributed by atoms with E-state index < -0.39 is 9.84 Å². The van der Waals surface area contributed by atoms with Crippen molar-refractivity contribution >= 4 is 9.84 Å². The second-order valence-electron chi connectivity index (χ2n) is 7.33. The van der Waals surface area contributed by atoms with Gasteiger partial charge in [-0.2, -0.15) is 5.10 Å². The lowest BCUT2D eigenvalue weighted by molar-refractivity contribution is 0.145. The van der Waals surface area contributed by atoms with Crippen LogP contribution in [0.1, 0.15) is 31.4 Å². The minimum Gasteiger partial charge on any atom is -0.303 e. The molecule has 2 saturated heterocycles. The van der Waals surface area contributed by atoms with Crippen LogP contribution >= 0.6 is 0 Å². The van der Waals surface area contributed by atoms with Crippen molar-refractivity contribution in [2.45, 2.75) is 39.2 Å². The molecule has 1 aromatic heterocycles. The minimum atomic E-state index is -2.77. The Balaban J connectivity index is 1.46. The van der Waals surface area contributed by atoms with E-state index in [1.807, 2.05) is 6.92 Å². The van der Waals surface area contributed by atoms with Crippen LogP contribution < -0.4 is 5.56 Å². The van der Waals surface area contributed by atoms with Crippen LogP contribution in [-0.2, 0) is 16.4 Å². The largest absolute Gasteiger partial charge is 0.303 e. The van der Waals surface area contributed by atoms with Crippen molar-refractivity contribution in [3.63, 3.8) is 0 Å². The standard InChI is InChI=1S/C17H27N3O3S/c1-14-2-3-17(21)20(18-14)13-15-4-8-19(9-5-15)12-16-6-10-24(22,23)11-7-16/h2-3,15-16H,4-13H2,1H3. The molecule has 0 spiro atoms. The topological polar surface area (TPSA) is 72.3 Å². The lowest BCUT2D eigenvalue weighted by Crippen LogP contribution is -2.40. The summed E-state index contributed by atoms with van der Waals surface area (Å²) < 4.78 is 24.6. The molecule has 6 nitrogen and oxygen atoms in total. The smallest absolute Gasteiger partial charge is 0.266 e. The average molecular weight is 353 g/mol. The number of piperidine rings is 1. The number of nitrogens with zero attached hydrogens (tertiary/aromatic N) is 3. The molecule has 3 rings (SSSR count). The molecule has 2 aliphatic rings. The first-order valence-corrected chi connectivity index (χ1v) is 10.7. The van der Waals surface area contributed by atoms with Gasteiger partial charge in [-0.15, -0.1) is 0 Å². The number of rotatable bonds is 4. The van der Waals surface area contributed by atoms with Gasteiger partial charge in [-0.3, -0.25) is 4.79 Å². The van der Waals surface area contributed by atoms with Gasteiger partial charge in [0.15, 0.2) is 0 Å². The number of hydrogen-bond donors (Lipinski definition) is 0. The maximum Gasteiger partial charge on any atom is 0.266 e. The van der Waals surface area contributed by atoms with Crippen LogP contribution in [-0.4, -0.2) is 54.2 Å². The summed E-state index contributed by atoms with van der Waals surface area (Å²) in [6, 6.07) is 3.35. The van der Waals surface area contributed by atoms with Crippen LogP contribution in [0.3, 0.4) is 0 Å². The second-order valence-corrected chi connectivity index (χ2v) is 9.64. The summed E-state index contributed by atoms with van der Waals surface area (Å²) in [5.41, 5.74) is 0.853. The maximum absolute atomic E-state index is 11.9. The highest BCUT2D eigenvalue weighted by atomic mass is 32.2. The number of aryl methyl sites for hydroxylation is 1. The normalized spacial score (nSPS) is 23.4. The van der Waals surface area contributed by atoms with Crippen molar-refractivity contribution in [1.29, 1.82) is 0 Å². The van der Waals surface area contributed by atoms with Crippen molar-refractivity contribution in [1.82, 2.24) is 14.7 Å². The summed E-state index contributed by atoms with van der Waals surface area (Å²) in [4.78, 5) is 14.3. The van der Waals surface area contributed by atoms with E-state index >= 15 is 0 Å². The Morgan fingerprint density at radius 1 is 1.04 bits per heavy atom. The summed E-state index contributed by atoms with van der Waals surface area (Å²) in [5, 5.41) is 4.33. The van der Waals surface area contributed by atoms with Gasteiger partial charge in [-0.05, 0) is 63.6 Å². The molecule has 2 fully saturated rings. The molecule has 0 saturated carbocycles. The highest BCUT2D eigenvalue weighted by molar-refractivity contribution is 7.91. The maximum atomic E-state index is 11.9. The fourth-order valence-corrected chi connectivity index (χ4v) is 5.35. The highest BCUT2D eigenvalue weighted by Crippen LogP contribution is 2.24. The Morgan fingerprint density at radius 2 is 1.67 bits per heavy atom. The van der Waals surface area contributed by atoms with Gasteiger partial charge in [-0.25, -0.2) is 13.1 Å². The monoisotopic (exact) mass is 353 g/mol. The lowest BCUT2D eigenvalue weighted by Gasteiger charge is -2.35. The fourth-order valence-electron chi connectivity index (χ4n) is 3.76. The fraction of sp³-hybridized carbons (Fsp3) is 0.765. The van der Waals surface area contributed by atoms with E-state index in [1.54, 1.807) is 16.8 Å². The molecule has 3 heterocycles. The van der Waals surface area contributed by atoms with E-state index in [0.29, 0.717) is 29.9 Å². The van der Waals surface area contributed by atoms with Crippen LogP contribution in [0, 0.1) is 18.8 Å². The number of sulfone groups is 1. The summed E-state index contributed by atoms with van der Waals surface area (Å²) in [7, 11) is -2.77. The van der Waals surface area contributed by atoms with Gasteiger partial charge < -0.3 is 4.90 Å². The molecule has 0 unspecified atom stereocenters. The lowest BCUT2D eigenvalue weighted by atomic mass is 9.94. The SMILES string of the molecule is Cc1ccc(=O)n(CC2CCN(CC3CCS(=O)(=O)CC3)CC2)n1. The van der Waals surface area contributed by atoms with Crippen LogP contribution in [0.2, 0.25) is 0 Å². The molecule has 134 valence electrons. The summed E-state index contributed by atoms with van der Waals surface area (Å²) in [6.45, 7) is 5.70. The highest BCUT2D eigenvalue weighted by Gasteiger charge is 2.27. The molecule has 0 radical (unpaired) electrons. The third-order valence-electron chi connectivity index (χ3n) is 5.33. The molecule has 0 aromatic carbocycles. The Kier molecular flexibility index (Phi) is 5.39. The van der Waals surface area contributed by atoms with Crippen molar-refractivity contribution in [2.75, 3.05) is 31.1 Å². The summed E-state index contributed by atoms with van der Waals surface area (Å²) in [6.07, 6.45) is 3.77. The minimum absolute atomic E-state index is 0.0218. The van der Waals surface area contributed by atoms with Crippen LogP contribution in [0.4, 0.5) is 0 Å². The predicted octanol–water partition coefficient (Wildman–Crippen LogP) is 1.09. The molecular weight excluding hydrogens is 326 g/mol. The van der Waals surface area contributed by atoms with E-state index in [4.69, 9.17) is 0 Å². The van der Waals surface area contributed by atoms with Crippen molar-refractivity contribution in [2.24, 2.45) is 11.8 Å². The molecule has 0 N–H and O–H groups in total.